The fraction of sp³-hybridized carbons (Fsp3) is 0.364. The first kappa shape index (κ1) is 15.3. The van der Waals surface area contributed by atoms with E-state index in [4.69, 9.17) is 4.84 Å². The molecular formula is C11H13F3N2O3. The number of nitrogens with one attached hydrogen (secondary N) is 2. The lowest BCUT2D eigenvalue weighted by Crippen LogP contribution is -2.30. The first-order valence-corrected chi connectivity index (χ1v) is 5.28. The van der Waals surface area contributed by atoms with Gasteiger partial charge in [0.2, 0.25) is 0 Å². The Balaban J connectivity index is 2.50. The Labute approximate surface area is 107 Å². The highest BCUT2D eigenvalue weighted by atomic mass is 19.4. The van der Waals surface area contributed by atoms with Crippen LogP contribution in [0.4, 0.5) is 23.7 Å². The van der Waals surface area contributed by atoms with E-state index in [9.17, 15) is 18.0 Å². The number of methoxy groups -OCH3 is 1. The highest BCUT2D eigenvalue weighted by Crippen LogP contribution is 2.30. The van der Waals surface area contributed by atoms with Crippen molar-refractivity contribution in [1.29, 1.82) is 0 Å². The molecule has 0 atom stereocenters. The number of hydroxylamine groups is 1. The van der Waals surface area contributed by atoms with Crippen LogP contribution >= 0.6 is 0 Å². The normalized spacial score (nSPS) is 11.2. The molecule has 0 fully saturated rings. The van der Waals surface area contributed by atoms with Gasteiger partial charge in [-0.15, -0.1) is 0 Å². The number of halogens is 3. The molecule has 0 spiro atoms. The monoisotopic (exact) mass is 278 g/mol. The van der Waals surface area contributed by atoms with E-state index < -0.39 is 17.8 Å². The molecule has 0 radical (unpaired) electrons. The Morgan fingerprint density at radius 1 is 1.32 bits per heavy atom. The Morgan fingerprint density at radius 2 is 2.05 bits per heavy atom. The number of hydrogen-bond acceptors (Lipinski definition) is 3. The molecule has 0 aliphatic heterocycles. The molecule has 1 rings (SSSR count). The molecule has 0 saturated carbocycles. The standard InChI is InChI=1S/C11H13F3N2O3/c1-18-5-6-19-16-10(17)15-9-4-2-3-8(7-9)11(12,13)14/h2-4,7H,5-6H2,1H3,(H2,15,16,17). The second-order valence-electron chi connectivity index (χ2n) is 3.48. The van der Waals surface area contributed by atoms with Gasteiger partial charge in [-0.1, -0.05) is 6.07 Å². The molecule has 0 bridgehead atoms. The molecule has 8 heteroatoms. The van der Waals surface area contributed by atoms with Crippen molar-refractivity contribution in [3.8, 4) is 0 Å². The fourth-order valence-electron chi connectivity index (χ4n) is 1.17. The summed E-state index contributed by atoms with van der Waals surface area (Å²) < 4.78 is 42.0. The molecule has 2 amide bonds. The SMILES string of the molecule is COCCONC(=O)Nc1cccc(C(F)(F)F)c1. The van der Waals surface area contributed by atoms with Crippen molar-refractivity contribution >= 4 is 11.7 Å². The van der Waals surface area contributed by atoms with Crippen molar-refractivity contribution in [1.82, 2.24) is 5.48 Å². The van der Waals surface area contributed by atoms with Crippen LogP contribution in [0.25, 0.3) is 0 Å². The maximum Gasteiger partial charge on any atom is 0.416 e. The quantitative estimate of drug-likeness (QED) is 0.642. The molecular weight excluding hydrogens is 265 g/mol. The molecule has 0 aromatic heterocycles. The number of alkyl halides is 3. The van der Waals surface area contributed by atoms with Gasteiger partial charge in [0.05, 0.1) is 18.8 Å². The summed E-state index contributed by atoms with van der Waals surface area (Å²) in [6.45, 7) is 0.413. The molecule has 0 heterocycles. The van der Waals surface area contributed by atoms with Gasteiger partial charge in [0.25, 0.3) is 0 Å². The molecule has 19 heavy (non-hydrogen) atoms. The second kappa shape index (κ2) is 6.95. The highest BCUT2D eigenvalue weighted by molar-refractivity contribution is 5.88. The number of benzene rings is 1. The predicted molar refractivity (Wildman–Crippen MR) is 61.4 cm³/mol. The van der Waals surface area contributed by atoms with Gasteiger partial charge < -0.3 is 10.1 Å². The van der Waals surface area contributed by atoms with E-state index in [1.54, 1.807) is 0 Å². The maximum atomic E-state index is 12.4. The van der Waals surface area contributed by atoms with Crippen molar-refractivity contribution in [2.75, 3.05) is 25.6 Å². The van der Waals surface area contributed by atoms with E-state index in [0.717, 1.165) is 12.1 Å². The van der Waals surface area contributed by atoms with Crippen LogP contribution in [0.15, 0.2) is 24.3 Å². The van der Waals surface area contributed by atoms with Gasteiger partial charge in [0.15, 0.2) is 0 Å². The number of carbonyl (C=O) groups excluding carboxylic acids is 1. The van der Waals surface area contributed by atoms with E-state index in [1.807, 2.05) is 5.48 Å². The number of amides is 2. The molecule has 1 aromatic rings. The van der Waals surface area contributed by atoms with Crippen LogP contribution in [-0.4, -0.2) is 26.4 Å². The molecule has 0 aliphatic rings. The number of ether oxygens (including phenoxy) is 1. The Bertz CT molecular complexity index is 424. The third-order valence-corrected chi connectivity index (χ3v) is 2.00. The molecule has 0 unspecified atom stereocenters. The van der Waals surface area contributed by atoms with Gasteiger partial charge in [-0.05, 0) is 18.2 Å². The number of carbonyl (C=O) groups is 1. The molecule has 1 aromatic carbocycles. The lowest BCUT2D eigenvalue weighted by atomic mass is 10.2. The van der Waals surface area contributed by atoms with Gasteiger partial charge >= 0.3 is 12.2 Å². The summed E-state index contributed by atoms with van der Waals surface area (Å²) in [5.41, 5.74) is 1.19. The van der Waals surface area contributed by atoms with Crippen LogP contribution in [-0.2, 0) is 15.8 Å². The Hall–Kier alpha value is -1.80. The fourth-order valence-corrected chi connectivity index (χ4v) is 1.17. The minimum atomic E-state index is -4.46. The summed E-state index contributed by atoms with van der Waals surface area (Å²) in [6, 6.07) is 3.51. The summed E-state index contributed by atoms with van der Waals surface area (Å²) >= 11 is 0. The lowest BCUT2D eigenvalue weighted by molar-refractivity contribution is -0.137. The minimum absolute atomic E-state index is 0.0164. The number of rotatable bonds is 5. The number of anilines is 1. The number of hydrogen-bond donors (Lipinski definition) is 2. The van der Waals surface area contributed by atoms with Crippen LogP contribution in [0, 0.1) is 0 Å². The summed E-state index contributed by atoms with van der Waals surface area (Å²) in [6.07, 6.45) is -4.46. The third-order valence-electron chi connectivity index (χ3n) is 2.00. The zero-order valence-electron chi connectivity index (χ0n) is 10.1. The average Bonchev–Trinajstić information content (AvgIpc) is 2.34. The van der Waals surface area contributed by atoms with Crippen LogP contribution in [0.1, 0.15) is 5.56 Å². The minimum Gasteiger partial charge on any atom is -0.382 e. The van der Waals surface area contributed by atoms with Crippen molar-refractivity contribution in [3.63, 3.8) is 0 Å². The smallest absolute Gasteiger partial charge is 0.382 e. The predicted octanol–water partition coefficient (Wildman–Crippen LogP) is 2.40. The van der Waals surface area contributed by atoms with Crippen LogP contribution < -0.4 is 10.8 Å². The summed E-state index contributed by atoms with van der Waals surface area (Å²) in [4.78, 5) is 16.0. The van der Waals surface area contributed by atoms with Gasteiger partial charge in [-0.25, -0.2) is 10.3 Å². The molecule has 5 nitrogen and oxygen atoms in total. The van der Waals surface area contributed by atoms with E-state index in [1.165, 1.54) is 19.2 Å². The Kier molecular flexibility index (Phi) is 5.58. The average molecular weight is 278 g/mol. The maximum absolute atomic E-state index is 12.4. The van der Waals surface area contributed by atoms with Crippen LogP contribution in [0.2, 0.25) is 0 Å². The summed E-state index contributed by atoms with van der Waals surface area (Å²) in [7, 11) is 1.46. The van der Waals surface area contributed by atoms with Crippen molar-refractivity contribution in [2.45, 2.75) is 6.18 Å². The van der Waals surface area contributed by atoms with Gasteiger partial charge in [-0.2, -0.15) is 13.2 Å². The zero-order chi connectivity index (χ0) is 14.3. The second-order valence-corrected chi connectivity index (χ2v) is 3.48. The molecule has 0 saturated heterocycles. The Morgan fingerprint density at radius 3 is 2.68 bits per heavy atom. The van der Waals surface area contributed by atoms with E-state index in [2.05, 4.69) is 10.1 Å². The number of urea groups is 1. The zero-order valence-corrected chi connectivity index (χ0v) is 10.1. The van der Waals surface area contributed by atoms with Crippen molar-refractivity contribution < 1.29 is 27.5 Å². The van der Waals surface area contributed by atoms with Crippen LogP contribution in [0.3, 0.4) is 0 Å². The van der Waals surface area contributed by atoms with Gasteiger partial charge in [-0.3, -0.25) is 4.84 Å². The van der Waals surface area contributed by atoms with Crippen molar-refractivity contribution in [2.24, 2.45) is 0 Å². The first-order chi connectivity index (χ1) is 8.93. The topological polar surface area (TPSA) is 59.6 Å². The molecule has 2 N–H and O–H groups in total. The van der Waals surface area contributed by atoms with Crippen molar-refractivity contribution in [3.05, 3.63) is 29.8 Å². The van der Waals surface area contributed by atoms with Gasteiger partial charge in [0, 0.05) is 12.8 Å². The molecule has 106 valence electrons. The van der Waals surface area contributed by atoms with E-state index in [0.29, 0.717) is 0 Å². The van der Waals surface area contributed by atoms with Gasteiger partial charge in [0.1, 0.15) is 0 Å². The van der Waals surface area contributed by atoms with E-state index in [-0.39, 0.29) is 18.9 Å². The highest BCUT2D eigenvalue weighted by Gasteiger charge is 2.30. The largest absolute Gasteiger partial charge is 0.416 e. The molecule has 0 aliphatic carbocycles. The first-order valence-electron chi connectivity index (χ1n) is 5.28. The lowest BCUT2D eigenvalue weighted by Gasteiger charge is -2.10. The van der Waals surface area contributed by atoms with Crippen LogP contribution in [0.5, 0.6) is 0 Å². The van der Waals surface area contributed by atoms with E-state index >= 15 is 0 Å². The third kappa shape index (κ3) is 5.58. The summed E-state index contributed by atoms with van der Waals surface area (Å²) in [5, 5.41) is 2.22. The summed E-state index contributed by atoms with van der Waals surface area (Å²) in [5.74, 6) is 0.